The molecule has 1 fully saturated rings. The van der Waals surface area contributed by atoms with Crippen molar-refractivity contribution in [3.05, 3.63) is 53.7 Å². The molecule has 1 aliphatic carbocycles. The van der Waals surface area contributed by atoms with Crippen LogP contribution in [0.5, 0.6) is 0 Å². The second-order valence-electron chi connectivity index (χ2n) is 8.11. The number of aromatic nitrogens is 3. The van der Waals surface area contributed by atoms with E-state index in [-0.39, 0.29) is 17.8 Å². The zero-order chi connectivity index (χ0) is 19.5. The van der Waals surface area contributed by atoms with Crippen LogP contribution in [-0.4, -0.2) is 26.9 Å². The third-order valence-electron chi connectivity index (χ3n) is 5.75. The van der Waals surface area contributed by atoms with Gasteiger partial charge in [0.15, 0.2) is 5.82 Å². The Balaban J connectivity index is 1.27. The van der Waals surface area contributed by atoms with Gasteiger partial charge in [-0.15, -0.1) is 0 Å². The average molecular weight is 377 g/mol. The van der Waals surface area contributed by atoms with E-state index in [1.165, 1.54) is 12.1 Å². The lowest BCUT2D eigenvalue weighted by Crippen LogP contribution is -2.34. The molecule has 28 heavy (non-hydrogen) atoms. The van der Waals surface area contributed by atoms with Gasteiger partial charge in [-0.05, 0) is 51.0 Å². The van der Waals surface area contributed by atoms with E-state index in [2.05, 4.69) is 25.6 Å². The van der Waals surface area contributed by atoms with E-state index in [0.29, 0.717) is 22.9 Å². The summed E-state index contributed by atoms with van der Waals surface area (Å²) in [6.07, 6.45) is 3.61. The first-order valence-electron chi connectivity index (χ1n) is 9.42. The van der Waals surface area contributed by atoms with Crippen molar-refractivity contribution in [2.45, 2.75) is 44.1 Å². The highest BCUT2D eigenvalue weighted by atomic mass is 19.1. The first-order chi connectivity index (χ1) is 13.4. The third kappa shape index (κ3) is 2.69. The number of nitrogens with one attached hydrogen (secondary N) is 2. The average Bonchev–Trinajstić information content (AvgIpc) is 2.86. The number of rotatable bonds is 3. The Labute approximate surface area is 161 Å². The smallest absolute Gasteiger partial charge is 0.237 e. The van der Waals surface area contributed by atoms with Crippen LogP contribution in [0.3, 0.4) is 0 Å². The zero-order valence-corrected chi connectivity index (χ0v) is 15.7. The van der Waals surface area contributed by atoms with Crippen molar-refractivity contribution in [2.24, 2.45) is 0 Å². The SMILES string of the molecule is CC1(C)C(=O)Nc2nc(C3CC(Nc4ccc5ccc(F)cc5n4)C3)cnc21. The fourth-order valence-electron chi connectivity index (χ4n) is 3.87. The summed E-state index contributed by atoms with van der Waals surface area (Å²) in [7, 11) is 0. The number of benzene rings is 1. The molecular formula is C21H20FN5O. The van der Waals surface area contributed by atoms with Gasteiger partial charge in [-0.25, -0.2) is 14.4 Å². The maximum atomic E-state index is 13.4. The van der Waals surface area contributed by atoms with E-state index in [0.717, 1.165) is 29.7 Å². The van der Waals surface area contributed by atoms with Crippen LogP contribution in [-0.2, 0) is 10.2 Å². The van der Waals surface area contributed by atoms with Crippen LogP contribution in [0.15, 0.2) is 36.5 Å². The highest BCUT2D eigenvalue weighted by Gasteiger charge is 2.42. The Morgan fingerprint density at radius 3 is 2.79 bits per heavy atom. The number of pyridine rings is 1. The largest absolute Gasteiger partial charge is 0.367 e. The second kappa shape index (κ2) is 5.95. The summed E-state index contributed by atoms with van der Waals surface area (Å²) >= 11 is 0. The van der Waals surface area contributed by atoms with Gasteiger partial charge < -0.3 is 10.6 Å². The minimum absolute atomic E-state index is 0.0633. The lowest BCUT2D eigenvalue weighted by molar-refractivity contribution is -0.119. The van der Waals surface area contributed by atoms with E-state index >= 15 is 0 Å². The van der Waals surface area contributed by atoms with Gasteiger partial charge in [0.1, 0.15) is 11.6 Å². The predicted molar refractivity (Wildman–Crippen MR) is 105 cm³/mol. The molecule has 3 heterocycles. The molecule has 2 aliphatic rings. The van der Waals surface area contributed by atoms with Crippen LogP contribution in [0, 0.1) is 5.82 Å². The highest BCUT2D eigenvalue weighted by molar-refractivity contribution is 6.03. The normalized spacial score (nSPS) is 22.5. The number of anilines is 2. The summed E-state index contributed by atoms with van der Waals surface area (Å²) in [6.45, 7) is 3.71. The summed E-state index contributed by atoms with van der Waals surface area (Å²) in [4.78, 5) is 25.7. The van der Waals surface area contributed by atoms with Crippen LogP contribution in [0.1, 0.15) is 44.0 Å². The Morgan fingerprint density at radius 2 is 1.96 bits per heavy atom. The molecule has 3 aromatic rings. The van der Waals surface area contributed by atoms with E-state index in [1.807, 2.05) is 26.0 Å². The molecule has 1 saturated carbocycles. The fourth-order valence-corrected chi connectivity index (χ4v) is 3.87. The molecule has 1 amide bonds. The van der Waals surface area contributed by atoms with Crippen molar-refractivity contribution in [2.75, 3.05) is 10.6 Å². The van der Waals surface area contributed by atoms with Crippen molar-refractivity contribution in [3.8, 4) is 0 Å². The Bertz CT molecular complexity index is 1110. The van der Waals surface area contributed by atoms with Crippen LogP contribution in [0.25, 0.3) is 10.9 Å². The third-order valence-corrected chi connectivity index (χ3v) is 5.75. The Kier molecular flexibility index (Phi) is 3.62. The van der Waals surface area contributed by atoms with Crippen LogP contribution in [0.4, 0.5) is 16.0 Å². The van der Waals surface area contributed by atoms with Crippen molar-refractivity contribution >= 4 is 28.4 Å². The number of carbonyl (C=O) groups excluding carboxylic acids is 1. The number of carbonyl (C=O) groups is 1. The molecule has 2 N–H and O–H groups in total. The zero-order valence-electron chi connectivity index (χ0n) is 15.7. The Morgan fingerprint density at radius 1 is 1.18 bits per heavy atom. The van der Waals surface area contributed by atoms with Gasteiger partial charge >= 0.3 is 0 Å². The summed E-state index contributed by atoms with van der Waals surface area (Å²) in [5, 5.41) is 7.16. The quantitative estimate of drug-likeness (QED) is 0.727. The summed E-state index contributed by atoms with van der Waals surface area (Å²) in [5.74, 6) is 1.28. The first-order valence-corrected chi connectivity index (χ1v) is 9.42. The fraction of sp³-hybridized carbons (Fsp3) is 0.333. The molecule has 5 rings (SSSR count). The van der Waals surface area contributed by atoms with E-state index in [9.17, 15) is 9.18 Å². The van der Waals surface area contributed by atoms with Gasteiger partial charge in [0, 0.05) is 29.6 Å². The Hall–Kier alpha value is -3.09. The molecule has 0 spiro atoms. The summed E-state index contributed by atoms with van der Waals surface area (Å²) in [5.41, 5.74) is 1.63. The number of amides is 1. The van der Waals surface area contributed by atoms with Gasteiger partial charge in [-0.3, -0.25) is 9.78 Å². The van der Waals surface area contributed by atoms with Gasteiger partial charge in [-0.2, -0.15) is 0 Å². The number of nitrogens with zero attached hydrogens (tertiary/aromatic N) is 3. The lowest BCUT2D eigenvalue weighted by atomic mass is 9.78. The molecule has 1 aromatic carbocycles. The standard InChI is InChI=1S/C21H20FN5O/c1-21(2)18-19(27-20(21)28)26-16(10-23-18)12-7-14(8-12)24-17-6-4-11-3-5-13(22)9-15(11)25-17/h3-6,9-10,12,14H,7-8H2,1-2H3,(H,24,25)(H,26,27,28). The van der Waals surface area contributed by atoms with Gasteiger partial charge in [0.05, 0.1) is 22.3 Å². The monoisotopic (exact) mass is 377 g/mol. The van der Waals surface area contributed by atoms with Crippen LogP contribution in [0.2, 0.25) is 0 Å². The number of fused-ring (bicyclic) bond motifs is 2. The molecule has 6 nitrogen and oxygen atoms in total. The van der Waals surface area contributed by atoms with Crippen molar-refractivity contribution < 1.29 is 9.18 Å². The number of hydrogen-bond acceptors (Lipinski definition) is 5. The molecule has 0 saturated heterocycles. The van der Waals surface area contributed by atoms with Crippen LogP contribution >= 0.6 is 0 Å². The molecule has 0 atom stereocenters. The number of hydrogen-bond donors (Lipinski definition) is 2. The van der Waals surface area contributed by atoms with Crippen LogP contribution < -0.4 is 10.6 Å². The molecule has 142 valence electrons. The highest BCUT2D eigenvalue weighted by Crippen LogP contribution is 2.40. The maximum absolute atomic E-state index is 13.4. The predicted octanol–water partition coefficient (Wildman–Crippen LogP) is 3.75. The first kappa shape index (κ1) is 17.0. The second-order valence-corrected chi connectivity index (χ2v) is 8.11. The molecule has 2 aromatic heterocycles. The van der Waals surface area contributed by atoms with E-state index in [1.54, 1.807) is 12.3 Å². The van der Waals surface area contributed by atoms with Gasteiger partial charge in [-0.1, -0.05) is 0 Å². The van der Waals surface area contributed by atoms with Crippen molar-refractivity contribution in [1.82, 2.24) is 15.0 Å². The molecule has 0 unspecified atom stereocenters. The minimum Gasteiger partial charge on any atom is -0.367 e. The molecule has 1 aliphatic heterocycles. The van der Waals surface area contributed by atoms with E-state index < -0.39 is 5.41 Å². The molecule has 0 radical (unpaired) electrons. The number of halogens is 1. The van der Waals surface area contributed by atoms with Gasteiger partial charge in [0.25, 0.3) is 0 Å². The summed E-state index contributed by atoms with van der Waals surface area (Å²) < 4.78 is 13.4. The van der Waals surface area contributed by atoms with E-state index in [4.69, 9.17) is 0 Å². The summed E-state index contributed by atoms with van der Waals surface area (Å²) in [6, 6.07) is 8.75. The topological polar surface area (TPSA) is 79.8 Å². The van der Waals surface area contributed by atoms with Crippen molar-refractivity contribution in [1.29, 1.82) is 0 Å². The lowest BCUT2D eigenvalue weighted by Gasteiger charge is -2.35. The van der Waals surface area contributed by atoms with Gasteiger partial charge in [0.2, 0.25) is 5.91 Å². The minimum atomic E-state index is -0.633. The maximum Gasteiger partial charge on any atom is 0.237 e. The molecule has 7 heteroatoms. The molecule has 0 bridgehead atoms. The molecular weight excluding hydrogens is 357 g/mol. The van der Waals surface area contributed by atoms with Crippen molar-refractivity contribution in [3.63, 3.8) is 0 Å².